The first-order valence-electron chi connectivity index (χ1n) is 5.65. The summed E-state index contributed by atoms with van der Waals surface area (Å²) in [6, 6.07) is 7.45. The molecular weight excluding hydrogens is 325 g/mol. The van der Waals surface area contributed by atoms with E-state index in [2.05, 4.69) is 5.32 Å². The molecule has 0 aliphatic carbocycles. The number of thiophene rings is 1. The molecule has 1 heterocycles. The zero-order valence-corrected chi connectivity index (χ0v) is 12.0. The van der Waals surface area contributed by atoms with Crippen LogP contribution in [-0.4, -0.2) is 10.4 Å². The lowest BCUT2D eigenvalue weighted by Crippen LogP contribution is -2.03. The highest BCUT2D eigenvalue weighted by Gasteiger charge is 2.30. The monoisotopic (exact) mass is 334 g/mol. The third-order valence-corrected chi connectivity index (χ3v) is 4.15. The van der Waals surface area contributed by atoms with Crippen molar-refractivity contribution >= 4 is 33.8 Å². The number of rotatable bonds is 5. The predicted molar refractivity (Wildman–Crippen MR) is 76.7 cm³/mol. The van der Waals surface area contributed by atoms with Crippen LogP contribution in [0.5, 0.6) is 0 Å². The Morgan fingerprint density at radius 2 is 2.05 bits per heavy atom. The van der Waals surface area contributed by atoms with Crippen molar-refractivity contribution in [1.82, 2.24) is 0 Å². The first-order valence-corrected chi connectivity index (χ1v) is 7.35. The summed E-state index contributed by atoms with van der Waals surface area (Å²) < 4.78 is 37.3. The van der Waals surface area contributed by atoms with Crippen LogP contribution in [0.15, 0.2) is 40.6 Å². The molecule has 0 amide bonds. The van der Waals surface area contributed by atoms with E-state index in [0.29, 0.717) is 11.3 Å². The zero-order valence-electron chi connectivity index (χ0n) is 10.4. The van der Waals surface area contributed by atoms with Crippen LogP contribution in [0.25, 0.3) is 0 Å². The number of nitro groups is 1. The predicted octanol–water partition coefficient (Wildman–Crippen LogP) is 4.88. The smallest absolute Gasteiger partial charge is 0.380 e. The maximum absolute atomic E-state index is 12.4. The fourth-order valence-corrected chi connectivity index (χ4v) is 2.95. The second-order valence-corrected chi connectivity index (χ2v) is 5.94. The van der Waals surface area contributed by atoms with Gasteiger partial charge in [0.2, 0.25) is 0 Å². The molecule has 4 nitrogen and oxygen atoms in total. The Hall–Kier alpha value is -1.74. The fraction of sp³-hybridized carbons (Fsp3) is 0.167. The van der Waals surface area contributed by atoms with Gasteiger partial charge in [-0.2, -0.15) is 13.2 Å². The average Bonchev–Trinajstić information content (AvgIpc) is 2.85. The van der Waals surface area contributed by atoms with Gasteiger partial charge in [0.15, 0.2) is 0 Å². The van der Waals surface area contributed by atoms with Gasteiger partial charge >= 0.3 is 10.5 Å². The Bertz CT molecular complexity index is 643. The van der Waals surface area contributed by atoms with Gasteiger partial charge in [-0.1, -0.05) is 23.5 Å². The van der Waals surface area contributed by atoms with E-state index in [9.17, 15) is 23.3 Å². The summed E-state index contributed by atoms with van der Waals surface area (Å²) >= 11 is 0.787. The van der Waals surface area contributed by atoms with Crippen molar-refractivity contribution in [3.63, 3.8) is 0 Å². The fourth-order valence-electron chi connectivity index (χ4n) is 1.57. The van der Waals surface area contributed by atoms with E-state index in [1.165, 1.54) is 24.3 Å². The molecule has 1 aromatic carbocycles. The molecule has 0 atom stereocenters. The van der Waals surface area contributed by atoms with E-state index in [1.54, 1.807) is 11.4 Å². The average molecular weight is 334 g/mol. The Morgan fingerprint density at radius 1 is 1.33 bits per heavy atom. The van der Waals surface area contributed by atoms with Gasteiger partial charge < -0.3 is 5.32 Å². The molecule has 0 saturated carbocycles. The van der Waals surface area contributed by atoms with Crippen LogP contribution in [0.3, 0.4) is 0 Å². The minimum Gasteiger partial charge on any atom is -0.380 e. The number of hydrogen-bond acceptors (Lipinski definition) is 5. The summed E-state index contributed by atoms with van der Waals surface area (Å²) in [5.74, 6) is 0. The number of nitrogens with zero attached hydrogens (tertiary/aromatic N) is 1. The van der Waals surface area contributed by atoms with Gasteiger partial charge in [-0.25, -0.2) is 0 Å². The molecule has 0 aliphatic rings. The van der Waals surface area contributed by atoms with Gasteiger partial charge in [-0.05, 0) is 29.5 Å². The lowest BCUT2D eigenvalue weighted by atomic mass is 10.3. The molecule has 1 N–H and O–H groups in total. The summed E-state index contributed by atoms with van der Waals surface area (Å²) in [7, 11) is 0. The van der Waals surface area contributed by atoms with Gasteiger partial charge in [0, 0.05) is 28.6 Å². The van der Waals surface area contributed by atoms with Crippen LogP contribution >= 0.6 is 23.1 Å². The summed E-state index contributed by atoms with van der Waals surface area (Å²) in [5, 5.41) is 15.0. The third kappa shape index (κ3) is 4.64. The van der Waals surface area contributed by atoms with Crippen LogP contribution in [0, 0.1) is 10.1 Å². The highest BCUT2D eigenvalue weighted by molar-refractivity contribution is 8.00. The first kappa shape index (κ1) is 15.6. The SMILES string of the molecule is O=[N+]([O-])c1cc(CNc2ccccc2SC(F)(F)F)cs1. The minimum atomic E-state index is -4.36. The molecule has 0 spiro atoms. The van der Waals surface area contributed by atoms with Crippen molar-refractivity contribution in [2.75, 3.05) is 5.32 Å². The number of benzene rings is 1. The lowest BCUT2D eigenvalue weighted by molar-refractivity contribution is -0.380. The molecule has 1 aromatic heterocycles. The molecule has 9 heteroatoms. The molecule has 0 aliphatic heterocycles. The second-order valence-electron chi connectivity index (χ2n) is 3.95. The highest BCUT2D eigenvalue weighted by atomic mass is 32.2. The minimum absolute atomic E-state index is 0.00440. The van der Waals surface area contributed by atoms with Crippen molar-refractivity contribution in [3.05, 3.63) is 51.4 Å². The topological polar surface area (TPSA) is 55.2 Å². The summed E-state index contributed by atoms with van der Waals surface area (Å²) in [6.45, 7) is 0.222. The number of thioether (sulfide) groups is 1. The van der Waals surface area contributed by atoms with Gasteiger partial charge in [0.1, 0.15) is 0 Å². The standard InChI is InChI=1S/C12H9F3N2O2S2/c13-12(14,15)21-10-4-2-1-3-9(10)16-6-8-5-11(17(18)19)20-7-8/h1-5,7,16H,6H2. The number of alkyl halides is 3. The van der Waals surface area contributed by atoms with Crippen LogP contribution < -0.4 is 5.32 Å². The van der Waals surface area contributed by atoms with Crippen molar-refractivity contribution in [2.45, 2.75) is 16.9 Å². The molecule has 0 saturated heterocycles. The van der Waals surface area contributed by atoms with E-state index < -0.39 is 10.4 Å². The molecule has 112 valence electrons. The Kier molecular flexibility index (Phi) is 4.73. The lowest BCUT2D eigenvalue weighted by Gasteiger charge is -2.12. The maximum atomic E-state index is 12.4. The molecule has 21 heavy (non-hydrogen) atoms. The van der Waals surface area contributed by atoms with E-state index in [4.69, 9.17) is 0 Å². The Labute approximate surface area is 126 Å². The Balaban J connectivity index is 2.07. The maximum Gasteiger partial charge on any atom is 0.446 e. The van der Waals surface area contributed by atoms with Gasteiger partial charge in [-0.15, -0.1) is 0 Å². The molecule has 0 bridgehead atoms. The van der Waals surface area contributed by atoms with Gasteiger partial charge in [0.05, 0.1) is 4.92 Å². The van der Waals surface area contributed by atoms with Crippen molar-refractivity contribution < 1.29 is 18.1 Å². The van der Waals surface area contributed by atoms with E-state index >= 15 is 0 Å². The van der Waals surface area contributed by atoms with Crippen molar-refractivity contribution in [1.29, 1.82) is 0 Å². The highest BCUT2D eigenvalue weighted by Crippen LogP contribution is 2.40. The normalized spacial score (nSPS) is 11.4. The molecule has 2 rings (SSSR count). The van der Waals surface area contributed by atoms with Crippen molar-refractivity contribution in [3.8, 4) is 0 Å². The molecule has 0 unspecified atom stereocenters. The quantitative estimate of drug-likeness (QED) is 0.481. The van der Waals surface area contributed by atoms with E-state index in [1.807, 2.05) is 0 Å². The van der Waals surface area contributed by atoms with Crippen LogP contribution in [0.2, 0.25) is 0 Å². The van der Waals surface area contributed by atoms with Crippen LogP contribution in [0.4, 0.5) is 23.9 Å². The zero-order chi connectivity index (χ0) is 15.5. The summed E-state index contributed by atoms with van der Waals surface area (Å²) in [5.41, 5.74) is -3.37. The second kappa shape index (κ2) is 6.35. The number of halogens is 3. The van der Waals surface area contributed by atoms with Gasteiger partial charge in [0.25, 0.3) is 0 Å². The van der Waals surface area contributed by atoms with Gasteiger partial charge in [-0.3, -0.25) is 10.1 Å². The first-order chi connectivity index (χ1) is 9.85. The summed E-state index contributed by atoms with van der Waals surface area (Å²) in [6.07, 6.45) is 0. The van der Waals surface area contributed by atoms with E-state index in [0.717, 1.165) is 11.3 Å². The Morgan fingerprint density at radius 3 is 2.67 bits per heavy atom. The molecule has 0 fully saturated rings. The van der Waals surface area contributed by atoms with Crippen molar-refractivity contribution in [2.24, 2.45) is 0 Å². The largest absolute Gasteiger partial charge is 0.446 e. The van der Waals surface area contributed by atoms with Crippen LogP contribution in [0.1, 0.15) is 5.56 Å². The van der Waals surface area contributed by atoms with E-state index in [-0.39, 0.29) is 28.2 Å². The number of nitrogens with one attached hydrogen (secondary N) is 1. The van der Waals surface area contributed by atoms with Crippen LogP contribution in [-0.2, 0) is 6.54 Å². The molecular formula is C12H9F3N2O2S2. The number of anilines is 1. The molecule has 0 radical (unpaired) electrons. The number of para-hydroxylation sites is 1. The molecule has 2 aromatic rings. The number of hydrogen-bond donors (Lipinski definition) is 1. The third-order valence-electron chi connectivity index (χ3n) is 2.42. The summed E-state index contributed by atoms with van der Waals surface area (Å²) in [4.78, 5) is 10.1.